The molecule has 17 heavy (non-hydrogen) atoms. The second-order valence-electron chi connectivity index (χ2n) is 5.28. The number of hydrogen-bond acceptors (Lipinski definition) is 3. The summed E-state index contributed by atoms with van der Waals surface area (Å²) in [6, 6.07) is 0.866. The number of primary amides is 1. The highest BCUT2D eigenvalue weighted by Gasteiger charge is 2.30. The first kappa shape index (κ1) is 14.5. The summed E-state index contributed by atoms with van der Waals surface area (Å²) >= 11 is 0. The molecule has 0 spiro atoms. The van der Waals surface area contributed by atoms with Crippen LogP contribution in [0.1, 0.15) is 46.5 Å². The van der Waals surface area contributed by atoms with Gasteiger partial charge >= 0.3 is 0 Å². The maximum absolute atomic E-state index is 11.5. The van der Waals surface area contributed by atoms with Crippen LogP contribution in [-0.2, 0) is 4.79 Å². The standard InChI is InChI=1S/C13H27N3O/c1-4-12(13(14)17)16-8-6-5-7-11(16)9-15-10(2)3/h10-12,15H,4-9H2,1-3H3,(H2,14,17). The van der Waals surface area contributed by atoms with Crippen molar-refractivity contribution in [1.29, 1.82) is 0 Å². The molecule has 1 amide bonds. The van der Waals surface area contributed by atoms with Gasteiger partial charge in [0.15, 0.2) is 0 Å². The minimum Gasteiger partial charge on any atom is -0.368 e. The number of hydrogen-bond donors (Lipinski definition) is 2. The largest absolute Gasteiger partial charge is 0.368 e. The number of carbonyl (C=O) groups is 1. The summed E-state index contributed by atoms with van der Waals surface area (Å²) in [5.41, 5.74) is 5.50. The van der Waals surface area contributed by atoms with Gasteiger partial charge in [0.1, 0.15) is 0 Å². The highest BCUT2D eigenvalue weighted by Crippen LogP contribution is 2.20. The van der Waals surface area contributed by atoms with E-state index in [0.29, 0.717) is 12.1 Å². The molecule has 1 fully saturated rings. The van der Waals surface area contributed by atoms with Crippen molar-refractivity contribution in [3.63, 3.8) is 0 Å². The van der Waals surface area contributed by atoms with Crippen LogP contribution in [0.4, 0.5) is 0 Å². The number of piperidine rings is 1. The zero-order valence-corrected chi connectivity index (χ0v) is 11.4. The highest BCUT2D eigenvalue weighted by molar-refractivity contribution is 5.79. The topological polar surface area (TPSA) is 58.4 Å². The molecule has 1 aliphatic rings. The molecule has 100 valence electrons. The van der Waals surface area contributed by atoms with Crippen molar-refractivity contribution in [2.75, 3.05) is 13.1 Å². The Labute approximate surface area is 105 Å². The smallest absolute Gasteiger partial charge is 0.234 e. The summed E-state index contributed by atoms with van der Waals surface area (Å²) in [6.45, 7) is 8.31. The lowest BCUT2D eigenvalue weighted by Crippen LogP contribution is -2.55. The molecule has 1 saturated heterocycles. The van der Waals surface area contributed by atoms with Gasteiger partial charge in [0.2, 0.25) is 5.91 Å². The quantitative estimate of drug-likeness (QED) is 0.732. The van der Waals surface area contributed by atoms with E-state index in [1.54, 1.807) is 0 Å². The fraction of sp³-hybridized carbons (Fsp3) is 0.923. The third kappa shape index (κ3) is 4.28. The van der Waals surface area contributed by atoms with Crippen LogP contribution in [0.5, 0.6) is 0 Å². The van der Waals surface area contributed by atoms with E-state index in [2.05, 4.69) is 24.1 Å². The zero-order chi connectivity index (χ0) is 12.8. The molecular weight excluding hydrogens is 214 g/mol. The van der Waals surface area contributed by atoms with E-state index in [1.165, 1.54) is 19.3 Å². The molecule has 4 nitrogen and oxygen atoms in total. The summed E-state index contributed by atoms with van der Waals surface area (Å²) in [7, 11) is 0. The van der Waals surface area contributed by atoms with Crippen molar-refractivity contribution in [3.05, 3.63) is 0 Å². The van der Waals surface area contributed by atoms with Crippen molar-refractivity contribution >= 4 is 5.91 Å². The van der Waals surface area contributed by atoms with Gasteiger partial charge in [-0.05, 0) is 25.8 Å². The van der Waals surface area contributed by atoms with E-state index in [1.807, 2.05) is 6.92 Å². The molecule has 1 rings (SSSR count). The molecule has 0 aromatic rings. The van der Waals surface area contributed by atoms with Gasteiger partial charge in [-0.1, -0.05) is 27.2 Å². The zero-order valence-electron chi connectivity index (χ0n) is 11.4. The first-order chi connectivity index (χ1) is 8.06. The molecule has 0 bridgehead atoms. The Bertz CT molecular complexity index is 243. The molecule has 4 heteroatoms. The number of likely N-dealkylation sites (tertiary alicyclic amines) is 1. The number of nitrogens with two attached hydrogens (primary N) is 1. The van der Waals surface area contributed by atoms with E-state index < -0.39 is 0 Å². The van der Waals surface area contributed by atoms with Gasteiger partial charge in [-0.2, -0.15) is 0 Å². The van der Waals surface area contributed by atoms with Crippen LogP contribution >= 0.6 is 0 Å². The van der Waals surface area contributed by atoms with Crippen LogP contribution in [0.3, 0.4) is 0 Å². The second kappa shape index (κ2) is 6.97. The fourth-order valence-electron chi connectivity index (χ4n) is 2.62. The maximum atomic E-state index is 11.5. The van der Waals surface area contributed by atoms with Gasteiger partial charge in [-0.3, -0.25) is 9.69 Å². The summed E-state index contributed by atoms with van der Waals surface area (Å²) in [5, 5.41) is 3.47. The highest BCUT2D eigenvalue weighted by atomic mass is 16.1. The van der Waals surface area contributed by atoms with Crippen molar-refractivity contribution in [3.8, 4) is 0 Å². The third-order valence-corrected chi connectivity index (χ3v) is 3.55. The lowest BCUT2D eigenvalue weighted by Gasteiger charge is -2.40. The molecule has 0 saturated carbocycles. The Kier molecular flexibility index (Phi) is 5.92. The molecular formula is C13H27N3O. The minimum absolute atomic E-state index is 0.0886. The number of nitrogens with one attached hydrogen (secondary N) is 1. The second-order valence-corrected chi connectivity index (χ2v) is 5.28. The fourth-order valence-corrected chi connectivity index (χ4v) is 2.62. The number of amides is 1. The van der Waals surface area contributed by atoms with Crippen molar-refractivity contribution in [2.24, 2.45) is 5.73 Å². The predicted molar refractivity (Wildman–Crippen MR) is 70.8 cm³/mol. The molecule has 1 aliphatic heterocycles. The van der Waals surface area contributed by atoms with Crippen LogP contribution in [0.2, 0.25) is 0 Å². The van der Waals surface area contributed by atoms with Crippen molar-refractivity contribution < 1.29 is 4.79 Å². The summed E-state index contributed by atoms with van der Waals surface area (Å²) in [4.78, 5) is 13.8. The molecule has 2 atom stereocenters. The lowest BCUT2D eigenvalue weighted by atomic mass is 9.98. The van der Waals surface area contributed by atoms with Crippen molar-refractivity contribution in [1.82, 2.24) is 10.2 Å². The van der Waals surface area contributed by atoms with Crippen LogP contribution in [0.15, 0.2) is 0 Å². The monoisotopic (exact) mass is 241 g/mol. The van der Waals surface area contributed by atoms with Crippen LogP contribution in [0, 0.1) is 0 Å². The first-order valence-corrected chi connectivity index (χ1v) is 6.84. The number of rotatable bonds is 6. The Balaban J connectivity index is 2.60. The third-order valence-electron chi connectivity index (χ3n) is 3.55. The molecule has 3 N–H and O–H groups in total. The van der Waals surface area contributed by atoms with E-state index in [9.17, 15) is 4.79 Å². The van der Waals surface area contributed by atoms with Crippen molar-refractivity contribution in [2.45, 2.75) is 64.6 Å². The van der Waals surface area contributed by atoms with Gasteiger partial charge in [0, 0.05) is 18.6 Å². The maximum Gasteiger partial charge on any atom is 0.234 e. The molecule has 2 unspecified atom stereocenters. The molecule has 0 radical (unpaired) electrons. The Morgan fingerprint density at radius 3 is 2.71 bits per heavy atom. The van der Waals surface area contributed by atoms with Gasteiger partial charge in [0.05, 0.1) is 6.04 Å². The van der Waals surface area contributed by atoms with Gasteiger partial charge < -0.3 is 11.1 Å². The predicted octanol–water partition coefficient (Wildman–Crippen LogP) is 1.10. The minimum atomic E-state index is -0.177. The van der Waals surface area contributed by atoms with Gasteiger partial charge in [0.25, 0.3) is 0 Å². The lowest BCUT2D eigenvalue weighted by molar-refractivity contribution is -0.124. The van der Waals surface area contributed by atoms with Crippen LogP contribution in [-0.4, -0.2) is 42.0 Å². The normalized spacial score (nSPS) is 23.9. The Morgan fingerprint density at radius 2 is 2.18 bits per heavy atom. The van der Waals surface area contributed by atoms with Gasteiger partial charge in [-0.25, -0.2) is 0 Å². The Hall–Kier alpha value is -0.610. The number of carbonyl (C=O) groups excluding carboxylic acids is 1. The average Bonchev–Trinajstić information content (AvgIpc) is 2.28. The van der Waals surface area contributed by atoms with Crippen LogP contribution < -0.4 is 11.1 Å². The molecule has 1 heterocycles. The molecule has 0 aromatic carbocycles. The first-order valence-electron chi connectivity index (χ1n) is 6.84. The van der Waals surface area contributed by atoms with E-state index in [-0.39, 0.29) is 11.9 Å². The average molecular weight is 241 g/mol. The number of nitrogens with zero attached hydrogens (tertiary/aromatic N) is 1. The SMILES string of the molecule is CCC(C(N)=O)N1CCCCC1CNC(C)C. The summed E-state index contributed by atoms with van der Waals surface area (Å²) in [5.74, 6) is -0.177. The van der Waals surface area contributed by atoms with E-state index >= 15 is 0 Å². The van der Waals surface area contributed by atoms with Gasteiger partial charge in [-0.15, -0.1) is 0 Å². The molecule has 0 aliphatic carbocycles. The Morgan fingerprint density at radius 1 is 1.47 bits per heavy atom. The summed E-state index contributed by atoms with van der Waals surface area (Å²) in [6.07, 6.45) is 4.43. The molecule has 0 aromatic heterocycles. The summed E-state index contributed by atoms with van der Waals surface area (Å²) < 4.78 is 0. The van der Waals surface area contributed by atoms with E-state index in [0.717, 1.165) is 19.5 Å². The van der Waals surface area contributed by atoms with E-state index in [4.69, 9.17) is 5.73 Å². The van der Waals surface area contributed by atoms with Crippen LogP contribution in [0.25, 0.3) is 0 Å².